The minimum absolute atomic E-state index is 0.359. The molecule has 1 atom stereocenters. The molecule has 4 rings (SSSR count). The summed E-state index contributed by atoms with van der Waals surface area (Å²) in [5.41, 5.74) is 2.48. The van der Waals surface area contributed by atoms with Crippen molar-refractivity contribution in [2.75, 3.05) is 18.0 Å². The number of hydrogen-bond donors (Lipinski definition) is 1. The molecule has 3 heterocycles. The van der Waals surface area contributed by atoms with Gasteiger partial charge < -0.3 is 10.0 Å². The fraction of sp³-hybridized carbons (Fsp3) is 0.278. The Morgan fingerprint density at radius 1 is 1.32 bits per heavy atom. The van der Waals surface area contributed by atoms with Gasteiger partial charge in [0.1, 0.15) is 5.52 Å². The van der Waals surface area contributed by atoms with Crippen molar-refractivity contribution in [2.24, 2.45) is 5.92 Å². The molecule has 1 aliphatic rings. The van der Waals surface area contributed by atoms with Crippen LogP contribution in [0.2, 0.25) is 5.02 Å². The molecule has 6 nitrogen and oxygen atoms in total. The van der Waals surface area contributed by atoms with Crippen LogP contribution in [0.4, 0.5) is 5.82 Å². The normalized spacial score (nSPS) is 17.8. The molecule has 1 fully saturated rings. The highest BCUT2D eigenvalue weighted by atomic mass is 35.5. The van der Waals surface area contributed by atoms with Gasteiger partial charge in [-0.25, -0.2) is 9.50 Å². The number of carboxylic acids is 1. The molecule has 1 saturated heterocycles. The third-order valence-electron chi connectivity index (χ3n) is 4.59. The lowest BCUT2D eigenvalue weighted by Gasteiger charge is -2.31. The Kier molecular flexibility index (Phi) is 4.05. The van der Waals surface area contributed by atoms with E-state index in [4.69, 9.17) is 11.6 Å². The van der Waals surface area contributed by atoms with Crippen LogP contribution in [0, 0.1) is 5.92 Å². The van der Waals surface area contributed by atoms with E-state index in [9.17, 15) is 9.90 Å². The van der Waals surface area contributed by atoms with Crippen LogP contribution < -0.4 is 4.90 Å². The van der Waals surface area contributed by atoms with Crippen LogP contribution in [0.3, 0.4) is 0 Å². The van der Waals surface area contributed by atoms with Gasteiger partial charge in [-0.3, -0.25) is 4.79 Å². The Hall–Kier alpha value is -2.60. The Morgan fingerprint density at radius 3 is 2.96 bits per heavy atom. The number of piperidine rings is 1. The number of benzene rings is 1. The van der Waals surface area contributed by atoms with E-state index in [-0.39, 0.29) is 5.92 Å². The summed E-state index contributed by atoms with van der Waals surface area (Å²) in [4.78, 5) is 17.9. The van der Waals surface area contributed by atoms with Crippen LogP contribution in [-0.2, 0) is 4.79 Å². The molecular weight excluding hydrogens is 340 g/mol. The van der Waals surface area contributed by atoms with Crippen LogP contribution >= 0.6 is 11.6 Å². The third kappa shape index (κ3) is 2.93. The first kappa shape index (κ1) is 15.9. The Labute approximate surface area is 149 Å². The SMILES string of the molecule is O=C(O)C1CCCN(c2nccn3nc(-c4ccccc4Cl)cc23)C1. The second-order valence-corrected chi connectivity index (χ2v) is 6.62. The van der Waals surface area contributed by atoms with Crippen molar-refractivity contribution in [3.05, 3.63) is 47.7 Å². The van der Waals surface area contributed by atoms with Gasteiger partial charge in [-0.15, -0.1) is 0 Å². The van der Waals surface area contributed by atoms with E-state index < -0.39 is 5.97 Å². The monoisotopic (exact) mass is 356 g/mol. The number of carboxylic acid groups (broad SMARTS) is 1. The first-order valence-electron chi connectivity index (χ1n) is 8.20. The lowest BCUT2D eigenvalue weighted by molar-refractivity contribution is -0.141. The lowest BCUT2D eigenvalue weighted by atomic mass is 9.98. The maximum absolute atomic E-state index is 11.3. The highest BCUT2D eigenvalue weighted by Crippen LogP contribution is 2.31. The quantitative estimate of drug-likeness (QED) is 0.779. The van der Waals surface area contributed by atoms with Gasteiger partial charge in [0.25, 0.3) is 0 Å². The first-order valence-corrected chi connectivity index (χ1v) is 8.58. The summed E-state index contributed by atoms with van der Waals surface area (Å²) in [6, 6.07) is 9.52. The highest BCUT2D eigenvalue weighted by Gasteiger charge is 2.27. The van der Waals surface area contributed by atoms with Crippen molar-refractivity contribution in [3.63, 3.8) is 0 Å². The van der Waals surface area contributed by atoms with Crippen LogP contribution in [0.5, 0.6) is 0 Å². The van der Waals surface area contributed by atoms with Crippen molar-refractivity contribution in [1.29, 1.82) is 0 Å². The average Bonchev–Trinajstić information content (AvgIpc) is 3.06. The molecular formula is C18H17ClN4O2. The maximum Gasteiger partial charge on any atom is 0.308 e. The molecule has 128 valence electrons. The van der Waals surface area contributed by atoms with Crippen molar-refractivity contribution >= 4 is 28.9 Å². The molecule has 7 heteroatoms. The van der Waals surface area contributed by atoms with Crippen molar-refractivity contribution in [3.8, 4) is 11.3 Å². The van der Waals surface area contributed by atoms with E-state index in [0.717, 1.165) is 35.6 Å². The molecule has 0 amide bonds. The van der Waals surface area contributed by atoms with Gasteiger partial charge in [0.15, 0.2) is 5.82 Å². The number of hydrogen-bond acceptors (Lipinski definition) is 4. The Morgan fingerprint density at radius 2 is 2.16 bits per heavy atom. The number of rotatable bonds is 3. The van der Waals surface area contributed by atoms with E-state index in [0.29, 0.717) is 18.0 Å². The second-order valence-electron chi connectivity index (χ2n) is 6.21. The Balaban J connectivity index is 1.76. The number of halogens is 1. The predicted octanol–water partition coefficient (Wildman–Crippen LogP) is 3.35. The number of carbonyl (C=O) groups is 1. The number of anilines is 1. The summed E-state index contributed by atoms with van der Waals surface area (Å²) in [6.45, 7) is 1.26. The number of nitrogens with zero attached hydrogens (tertiary/aromatic N) is 4. The number of aromatic nitrogens is 3. The van der Waals surface area contributed by atoms with Gasteiger partial charge in [0.2, 0.25) is 0 Å². The van der Waals surface area contributed by atoms with E-state index >= 15 is 0 Å². The zero-order valence-electron chi connectivity index (χ0n) is 13.5. The summed E-state index contributed by atoms with van der Waals surface area (Å²) < 4.78 is 1.77. The topological polar surface area (TPSA) is 70.7 Å². The van der Waals surface area contributed by atoms with Crippen LogP contribution in [-0.4, -0.2) is 38.8 Å². The van der Waals surface area contributed by atoms with Crippen molar-refractivity contribution < 1.29 is 9.90 Å². The maximum atomic E-state index is 11.3. The van der Waals surface area contributed by atoms with Gasteiger partial charge in [-0.2, -0.15) is 5.10 Å². The Bertz CT molecular complexity index is 940. The molecule has 0 saturated carbocycles. The minimum atomic E-state index is -0.748. The second kappa shape index (κ2) is 6.37. The number of aliphatic carboxylic acids is 1. The van der Waals surface area contributed by atoms with Crippen LogP contribution in [0.25, 0.3) is 16.8 Å². The van der Waals surface area contributed by atoms with Gasteiger partial charge in [-0.1, -0.05) is 29.8 Å². The van der Waals surface area contributed by atoms with E-state index in [2.05, 4.69) is 10.1 Å². The summed E-state index contributed by atoms with van der Waals surface area (Å²) in [5, 5.41) is 14.6. The fourth-order valence-corrected chi connectivity index (χ4v) is 3.56. The van der Waals surface area contributed by atoms with Gasteiger partial charge >= 0.3 is 5.97 Å². The molecule has 1 aromatic carbocycles. The van der Waals surface area contributed by atoms with Crippen molar-refractivity contribution in [2.45, 2.75) is 12.8 Å². The molecule has 2 aromatic heterocycles. The fourth-order valence-electron chi connectivity index (χ4n) is 3.32. The third-order valence-corrected chi connectivity index (χ3v) is 4.92. The van der Waals surface area contributed by atoms with Gasteiger partial charge in [0.05, 0.1) is 16.6 Å². The standard InChI is InChI=1S/C18H17ClN4O2/c19-14-6-2-1-5-13(14)15-10-16-17(20-7-9-23(16)21-15)22-8-3-4-12(11-22)18(24)25/h1-2,5-7,9-10,12H,3-4,8,11H2,(H,24,25). The summed E-state index contributed by atoms with van der Waals surface area (Å²) >= 11 is 6.29. The molecule has 1 N–H and O–H groups in total. The molecule has 0 radical (unpaired) electrons. The van der Waals surface area contributed by atoms with E-state index in [1.54, 1.807) is 16.9 Å². The minimum Gasteiger partial charge on any atom is -0.481 e. The summed E-state index contributed by atoms with van der Waals surface area (Å²) in [5.74, 6) is -0.345. The molecule has 0 bridgehead atoms. The van der Waals surface area contributed by atoms with Gasteiger partial charge in [-0.05, 0) is 25.0 Å². The van der Waals surface area contributed by atoms with Crippen LogP contribution in [0.1, 0.15) is 12.8 Å². The average molecular weight is 357 g/mol. The van der Waals surface area contributed by atoms with E-state index in [1.807, 2.05) is 35.2 Å². The van der Waals surface area contributed by atoms with Crippen LogP contribution in [0.15, 0.2) is 42.7 Å². The zero-order valence-corrected chi connectivity index (χ0v) is 14.2. The number of fused-ring (bicyclic) bond motifs is 1. The molecule has 25 heavy (non-hydrogen) atoms. The smallest absolute Gasteiger partial charge is 0.308 e. The summed E-state index contributed by atoms with van der Waals surface area (Å²) in [6.07, 6.45) is 5.03. The predicted molar refractivity (Wildman–Crippen MR) is 96.0 cm³/mol. The molecule has 0 aliphatic carbocycles. The van der Waals surface area contributed by atoms with E-state index in [1.165, 1.54) is 0 Å². The largest absolute Gasteiger partial charge is 0.481 e. The first-order chi connectivity index (χ1) is 12.1. The lowest BCUT2D eigenvalue weighted by Crippen LogP contribution is -2.39. The molecule has 1 unspecified atom stereocenters. The molecule has 0 spiro atoms. The van der Waals surface area contributed by atoms with Gasteiger partial charge in [0, 0.05) is 31.0 Å². The molecule has 1 aliphatic heterocycles. The zero-order chi connectivity index (χ0) is 17.4. The highest BCUT2D eigenvalue weighted by molar-refractivity contribution is 6.33. The molecule has 3 aromatic rings. The van der Waals surface area contributed by atoms with Crippen molar-refractivity contribution in [1.82, 2.24) is 14.6 Å². The summed E-state index contributed by atoms with van der Waals surface area (Å²) in [7, 11) is 0.